The molecule has 0 aliphatic rings. The molecule has 0 aliphatic carbocycles. The maximum Gasteiger partial charge on any atom is 0.169 e. The van der Waals surface area contributed by atoms with Crippen LogP contribution in [0.5, 0.6) is 0 Å². The first-order valence-electron chi connectivity index (χ1n) is 8.39. The van der Waals surface area contributed by atoms with Crippen LogP contribution in [-0.2, 0) is 13.0 Å². The third-order valence-electron chi connectivity index (χ3n) is 3.78. The van der Waals surface area contributed by atoms with Crippen LogP contribution >= 0.6 is 23.6 Å². The van der Waals surface area contributed by atoms with Crippen molar-refractivity contribution in [2.45, 2.75) is 19.4 Å². The van der Waals surface area contributed by atoms with Gasteiger partial charge in [-0.05, 0) is 62.7 Å². The monoisotopic (exact) mass is 361 g/mol. The number of benzene rings is 1. The zero-order chi connectivity index (χ0) is 17.2. The van der Waals surface area contributed by atoms with Crippen LogP contribution in [0.25, 0.3) is 0 Å². The highest BCUT2D eigenvalue weighted by molar-refractivity contribution is 7.80. The summed E-state index contributed by atoms with van der Waals surface area (Å²) in [6.07, 6.45) is 2.10. The lowest BCUT2D eigenvalue weighted by molar-refractivity contribution is 0.342. The van der Waals surface area contributed by atoms with Gasteiger partial charge in [-0.25, -0.2) is 0 Å². The smallest absolute Gasteiger partial charge is 0.169 e. The molecule has 0 amide bonds. The van der Waals surface area contributed by atoms with E-state index in [1.165, 1.54) is 10.4 Å². The van der Waals surface area contributed by atoms with E-state index in [-0.39, 0.29) is 0 Å². The summed E-state index contributed by atoms with van der Waals surface area (Å²) in [5.74, 6) is 0. The van der Waals surface area contributed by atoms with Crippen molar-refractivity contribution >= 4 is 28.7 Å². The minimum atomic E-state index is 0.859. The van der Waals surface area contributed by atoms with E-state index >= 15 is 0 Å². The fraction of sp³-hybridized carbons (Fsp3) is 0.421. The van der Waals surface area contributed by atoms with Gasteiger partial charge in [-0.15, -0.1) is 11.3 Å². The molecule has 0 atom stereocenters. The van der Waals surface area contributed by atoms with Gasteiger partial charge in [0.1, 0.15) is 0 Å². The number of nitrogens with zero attached hydrogens (tertiary/aromatic N) is 2. The Morgan fingerprint density at radius 2 is 1.88 bits per heavy atom. The summed E-state index contributed by atoms with van der Waals surface area (Å²) in [6, 6.07) is 14.8. The lowest BCUT2D eigenvalue weighted by Gasteiger charge is -2.26. The molecule has 0 radical (unpaired) electrons. The van der Waals surface area contributed by atoms with Gasteiger partial charge in [0.2, 0.25) is 0 Å². The maximum absolute atomic E-state index is 5.65. The van der Waals surface area contributed by atoms with Gasteiger partial charge in [0, 0.05) is 18.0 Å². The standard InChI is InChI=1S/C19H27N3S2/c1-21(2)13-7-14-22(16-18-10-6-15-24-18)19(23)20-12-11-17-8-4-3-5-9-17/h3-6,8-10,15H,7,11-14,16H2,1-2H3,(H,20,23). The molecule has 0 spiro atoms. The van der Waals surface area contributed by atoms with Crippen molar-refractivity contribution in [1.29, 1.82) is 0 Å². The quantitative estimate of drug-likeness (QED) is 0.687. The molecule has 130 valence electrons. The van der Waals surface area contributed by atoms with Crippen LogP contribution in [0.3, 0.4) is 0 Å². The highest BCUT2D eigenvalue weighted by Gasteiger charge is 2.11. The Bertz CT molecular complexity index is 582. The molecule has 0 aliphatic heterocycles. The molecule has 2 aromatic rings. The lowest BCUT2D eigenvalue weighted by atomic mass is 10.1. The molecule has 1 heterocycles. The summed E-state index contributed by atoms with van der Waals surface area (Å²) in [6.45, 7) is 3.82. The molecule has 1 N–H and O–H groups in total. The molecule has 5 heteroatoms. The van der Waals surface area contributed by atoms with E-state index in [0.29, 0.717) is 0 Å². The van der Waals surface area contributed by atoms with Crippen molar-refractivity contribution in [2.75, 3.05) is 33.7 Å². The second-order valence-electron chi connectivity index (χ2n) is 6.13. The van der Waals surface area contributed by atoms with Crippen molar-refractivity contribution < 1.29 is 0 Å². The first kappa shape index (κ1) is 18.9. The Morgan fingerprint density at radius 1 is 1.08 bits per heavy atom. The van der Waals surface area contributed by atoms with Crippen molar-refractivity contribution in [1.82, 2.24) is 15.1 Å². The molecule has 24 heavy (non-hydrogen) atoms. The number of hydrogen-bond donors (Lipinski definition) is 1. The van der Waals surface area contributed by atoms with Crippen molar-refractivity contribution in [3.05, 3.63) is 58.3 Å². The minimum Gasteiger partial charge on any atom is -0.362 e. The summed E-state index contributed by atoms with van der Waals surface area (Å²) in [7, 11) is 4.22. The number of hydrogen-bond acceptors (Lipinski definition) is 3. The largest absolute Gasteiger partial charge is 0.362 e. The van der Waals surface area contributed by atoms with Gasteiger partial charge in [-0.2, -0.15) is 0 Å². The molecule has 0 saturated heterocycles. The average Bonchev–Trinajstić information content (AvgIpc) is 3.07. The second-order valence-corrected chi connectivity index (χ2v) is 7.54. The predicted octanol–water partition coefficient (Wildman–Crippen LogP) is 3.62. The average molecular weight is 362 g/mol. The third-order valence-corrected chi connectivity index (χ3v) is 5.04. The van der Waals surface area contributed by atoms with Gasteiger partial charge in [-0.3, -0.25) is 0 Å². The molecular weight excluding hydrogens is 334 g/mol. The Kier molecular flexibility index (Phi) is 8.22. The number of nitrogens with one attached hydrogen (secondary N) is 1. The van der Waals surface area contributed by atoms with Crippen molar-refractivity contribution in [3.63, 3.8) is 0 Å². The SMILES string of the molecule is CN(C)CCCN(Cc1cccs1)C(=S)NCCc1ccccc1. The zero-order valence-electron chi connectivity index (χ0n) is 14.6. The predicted molar refractivity (Wildman–Crippen MR) is 109 cm³/mol. The van der Waals surface area contributed by atoms with Crippen LogP contribution in [0.1, 0.15) is 16.9 Å². The normalized spacial score (nSPS) is 10.8. The minimum absolute atomic E-state index is 0.859. The fourth-order valence-electron chi connectivity index (χ4n) is 2.49. The van der Waals surface area contributed by atoms with E-state index < -0.39 is 0 Å². The third kappa shape index (κ3) is 6.99. The van der Waals surface area contributed by atoms with Gasteiger partial charge in [0.25, 0.3) is 0 Å². The highest BCUT2D eigenvalue weighted by Crippen LogP contribution is 2.12. The molecule has 3 nitrogen and oxygen atoms in total. The highest BCUT2D eigenvalue weighted by atomic mass is 32.1. The lowest BCUT2D eigenvalue weighted by Crippen LogP contribution is -2.41. The Hall–Kier alpha value is -1.43. The summed E-state index contributed by atoms with van der Waals surface area (Å²) in [5.41, 5.74) is 1.34. The molecule has 0 bridgehead atoms. The zero-order valence-corrected chi connectivity index (χ0v) is 16.2. The van der Waals surface area contributed by atoms with E-state index in [2.05, 4.69) is 77.1 Å². The fourth-order valence-corrected chi connectivity index (χ4v) is 3.47. The molecule has 0 saturated carbocycles. The van der Waals surface area contributed by atoms with Crippen molar-refractivity contribution in [3.8, 4) is 0 Å². The summed E-state index contributed by atoms with van der Waals surface area (Å²) in [4.78, 5) is 5.86. The summed E-state index contributed by atoms with van der Waals surface area (Å²) < 4.78 is 0. The number of thiophene rings is 1. The van der Waals surface area contributed by atoms with Crippen LogP contribution in [0, 0.1) is 0 Å². The Balaban J connectivity index is 1.83. The second kappa shape index (κ2) is 10.4. The molecule has 0 fully saturated rings. The van der Waals surface area contributed by atoms with E-state index in [1.54, 1.807) is 11.3 Å². The topological polar surface area (TPSA) is 18.5 Å². The van der Waals surface area contributed by atoms with Gasteiger partial charge >= 0.3 is 0 Å². The van der Waals surface area contributed by atoms with E-state index in [4.69, 9.17) is 12.2 Å². The molecule has 2 rings (SSSR count). The van der Waals surface area contributed by atoms with E-state index in [0.717, 1.165) is 44.1 Å². The van der Waals surface area contributed by atoms with Crippen LogP contribution in [0.4, 0.5) is 0 Å². The van der Waals surface area contributed by atoms with Gasteiger partial charge in [0.15, 0.2) is 5.11 Å². The van der Waals surface area contributed by atoms with Crippen LogP contribution in [0.2, 0.25) is 0 Å². The van der Waals surface area contributed by atoms with Gasteiger partial charge in [0.05, 0.1) is 6.54 Å². The molecular formula is C19H27N3S2. The van der Waals surface area contributed by atoms with E-state index in [1.807, 2.05) is 0 Å². The maximum atomic E-state index is 5.65. The van der Waals surface area contributed by atoms with Crippen LogP contribution < -0.4 is 5.32 Å². The van der Waals surface area contributed by atoms with E-state index in [9.17, 15) is 0 Å². The van der Waals surface area contributed by atoms with Gasteiger partial charge < -0.3 is 15.1 Å². The first-order chi connectivity index (χ1) is 11.6. The van der Waals surface area contributed by atoms with Crippen molar-refractivity contribution in [2.24, 2.45) is 0 Å². The summed E-state index contributed by atoms with van der Waals surface area (Å²) in [5, 5.41) is 6.41. The van der Waals surface area contributed by atoms with Crippen LogP contribution in [-0.4, -0.2) is 48.6 Å². The van der Waals surface area contributed by atoms with Crippen LogP contribution in [0.15, 0.2) is 47.8 Å². The van der Waals surface area contributed by atoms with Gasteiger partial charge in [-0.1, -0.05) is 36.4 Å². The Labute approximate surface area is 155 Å². The molecule has 1 aromatic carbocycles. The molecule has 1 aromatic heterocycles. The number of rotatable bonds is 9. The first-order valence-corrected chi connectivity index (χ1v) is 9.68. The molecule has 0 unspecified atom stereocenters. The summed E-state index contributed by atoms with van der Waals surface area (Å²) >= 11 is 7.44. The Morgan fingerprint density at radius 3 is 2.54 bits per heavy atom. The number of thiocarbonyl (C=S) groups is 1.